The molecule has 0 heterocycles. The van der Waals surface area contributed by atoms with Crippen molar-refractivity contribution in [3.8, 4) is 0 Å². The molecule has 0 aliphatic carbocycles. The van der Waals surface area contributed by atoms with Gasteiger partial charge in [-0.05, 0) is 0 Å². The molecule has 0 aromatic heterocycles. The van der Waals surface area contributed by atoms with Gasteiger partial charge in [0, 0.05) is 0 Å². The fraction of sp³-hybridized carbons (Fsp3) is 1.00. The second kappa shape index (κ2) is 6.38. The van der Waals surface area contributed by atoms with Gasteiger partial charge in [-0.2, -0.15) is 0 Å². The third-order valence-corrected chi connectivity index (χ3v) is 7.52. The quantitative estimate of drug-likeness (QED) is 0.235. The van der Waals surface area contributed by atoms with Crippen LogP contribution in [0, 0.1) is 0 Å². The van der Waals surface area contributed by atoms with Crippen molar-refractivity contribution in [2.24, 2.45) is 0 Å². The lowest BCUT2D eigenvalue weighted by Crippen LogP contribution is -2.33. The van der Waals surface area contributed by atoms with Crippen molar-refractivity contribution in [2.45, 2.75) is 11.3 Å². The van der Waals surface area contributed by atoms with Crippen molar-refractivity contribution in [3.63, 3.8) is 0 Å². The molecule has 0 aromatic rings. The van der Waals surface area contributed by atoms with Crippen LogP contribution < -0.4 is 0 Å². The summed E-state index contributed by atoms with van der Waals surface area (Å²) < 4.78 is 43.9. The van der Waals surface area contributed by atoms with Crippen LogP contribution in [0.15, 0.2) is 0 Å². The molecule has 8 N–H and O–H groups in total. The van der Waals surface area contributed by atoms with E-state index in [1.54, 1.807) is 0 Å². The first-order chi connectivity index (χ1) is 8.43. The van der Waals surface area contributed by atoms with Crippen LogP contribution >= 0.6 is 30.4 Å². The molecule has 0 aliphatic rings. The van der Waals surface area contributed by atoms with Crippen LogP contribution in [0.3, 0.4) is 0 Å². The predicted octanol–water partition coefficient (Wildman–Crippen LogP) is -1.57. The minimum Gasteiger partial charge on any atom is -0.324 e. The summed E-state index contributed by atoms with van der Waals surface area (Å²) in [5.41, 5.74) is -5.17. The molecule has 16 heteroatoms. The van der Waals surface area contributed by atoms with Crippen LogP contribution in [0.5, 0.6) is 0 Å². The van der Waals surface area contributed by atoms with Crippen LogP contribution in [0.4, 0.5) is 0 Å². The van der Waals surface area contributed by atoms with Gasteiger partial charge < -0.3 is 39.1 Å². The fourth-order valence-electron chi connectivity index (χ4n) is 1.39. The molecule has 0 fully saturated rings. The molecule has 0 spiro atoms. The molecule has 122 valence electrons. The molecule has 20 heavy (non-hydrogen) atoms. The largest absolute Gasteiger partial charge is 0.330 e. The zero-order valence-corrected chi connectivity index (χ0v) is 13.1. The van der Waals surface area contributed by atoms with Gasteiger partial charge in [-0.25, -0.2) is 0 Å². The maximum absolute atomic E-state index is 11.1. The molecule has 0 radical (unpaired) electrons. The van der Waals surface area contributed by atoms with Gasteiger partial charge in [-0.15, -0.1) is 0 Å². The Balaban J connectivity index is 5.79. The summed E-state index contributed by atoms with van der Waals surface area (Å²) in [6, 6.07) is 0. The normalized spacial score (nSPS) is 17.8. The Hall–Kier alpha value is 0.600. The third kappa shape index (κ3) is 8.14. The Bertz CT molecular complexity index is 468. The van der Waals surface area contributed by atoms with E-state index in [1.807, 2.05) is 0 Å². The topological polar surface area (TPSA) is 230 Å². The molecule has 0 saturated carbocycles. The van der Waals surface area contributed by atoms with Gasteiger partial charge in [0.25, 0.3) is 0 Å². The van der Waals surface area contributed by atoms with Gasteiger partial charge in [0.05, 0.1) is 23.6 Å². The summed E-state index contributed by atoms with van der Waals surface area (Å²) in [6.07, 6.45) is -3.24. The molecule has 2 unspecified atom stereocenters. The molecule has 12 nitrogen and oxygen atoms in total. The van der Waals surface area contributed by atoms with Gasteiger partial charge in [0.2, 0.25) is 0 Å². The molecule has 0 aromatic carbocycles. The van der Waals surface area contributed by atoms with Crippen LogP contribution in [0.1, 0.15) is 0 Å². The fourth-order valence-corrected chi connectivity index (χ4v) is 8.34. The van der Waals surface area contributed by atoms with E-state index in [1.165, 1.54) is 0 Å². The van der Waals surface area contributed by atoms with Crippen molar-refractivity contribution in [3.05, 3.63) is 0 Å². The summed E-state index contributed by atoms with van der Waals surface area (Å²) in [5.74, 6) is 0. The van der Waals surface area contributed by atoms with Crippen molar-refractivity contribution in [1.29, 1.82) is 0 Å². The smallest absolute Gasteiger partial charge is 0.324 e. The van der Waals surface area contributed by atoms with Crippen LogP contribution in [-0.4, -0.2) is 62.8 Å². The average Bonchev–Trinajstić information content (AvgIpc) is 2.04. The maximum Gasteiger partial charge on any atom is 0.330 e. The Kier molecular flexibility index (Phi) is 6.57. The Morgan fingerprint density at radius 2 is 0.750 bits per heavy atom. The summed E-state index contributed by atoms with van der Waals surface area (Å²) in [4.78, 5) is 70.5. The first-order valence-electron chi connectivity index (χ1n) is 4.63. The number of hydrogen-bond donors (Lipinski definition) is 8. The maximum atomic E-state index is 11.1. The highest BCUT2D eigenvalue weighted by Crippen LogP contribution is 2.60. The van der Waals surface area contributed by atoms with E-state index in [0.717, 1.165) is 0 Å². The predicted molar refractivity (Wildman–Crippen MR) is 65.5 cm³/mol. The van der Waals surface area contributed by atoms with E-state index in [-0.39, 0.29) is 0 Å². The van der Waals surface area contributed by atoms with Crippen molar-refractivity contribution in [2.75, 3.05) is 12.3 Å². The lowest BCUT2D eigenvalue weighted by molar-refractivity contribution is 0.321. The number of rotatable bonds is 7. The summed E-state index contributed by atoms with van der Waals surface area (Å²) in [6.45, 7) is 0. The molecular weight excluding hydrogens is 364 g/mol. The lowest BCUT2D eigenvalue weighted by atomic mass is 10.3. The molecule has 0 amide bonds. The minimum atomic E-state index is -5.44. The summed E-state index contributed by atoms with van der Waals surface area (Å²) >= 11 is 0. The van der Waals surface area contributed by atoms with E-state index < -0.39 is 54.0 Å². The standard InChI is InChI=1S/C4H14O12P4/c5-17(6,7)1-3(19(11,12)13)4(20(14,15)16)2-18(8,9)10/h3-4H,1-2H2,(H2,5,6,7)(H2,8,9,10)(H2,11,12,13)(H2,14,15,16). The first kappa shape index (κ1) is 20.6. The van der Waals surface area contributed by atoms with Crippen LogP contribution in [-0.2, 0) is 18.3 Å². The second-order valence-electron chi connectivity index (χ2n) is 4.01. The van der Waals surface area contributed by atoms with E-state index in [9.17, 15) is 18.3 Å². The Morgan fingerprint density at radius 1 is 0.550 bits per heavy atom. The van der Waals surface area contributed by atoms with E-state index in [4.69, 9.17) is 39.1 Å². The molecule has 0 rings (SSSR count). The molecule has 0 saturated heterocycles. The summed E-state index contributed by atoms with van der Waals surface area (Å²) in [5, 5.41) is 0. The molecule has 0 bridgehead atoms. The van der Waals surface area contributed by atoms with Gasteiger partial charge in [0.15, 0.2) is 0 Å². The Morgan fingerprint density at radius 3 is 0.850 bits per heavy atom. The first-order valence-corrected chi connectivity index (χ1v) is 11.6. The Labute approximate surface area is 112 Å². The second-order valence-corrected chi connectivity index (χ2v) is 11.1. The van der Waals surface area contributed by atoms with Gasteiger partial charge in [0.1, 0.15) is 0 Å². The highest BCUT2D eigenvalue weighted by atomic mass is 31.2. The lowest BCUT2D eigenvalue weighted by Gasteiger charge is -2.28. The van der Waals surface area contributed by atoms with Crippen LogP contribution in [0.2, 0.25) is 0 Å². The van der Waals surface area contributed by atoms with Gasteiger partial charge in [-0.1, -0.05) is 0 Å². The zero-order chi connectivity index (χ0) is 16.6. The van der Waals surface area contributed by atoms with E-state index >= 15 is 0 Å². The molecular formula is C4H14O12P4. The van der Waals surface area contributed by atoms with Crippen LogP contribution in [0.25, 0.3) is 0 Å². The monoisotopic (exact) mass is 378 g/mol. The van der Waals surface area contributed by atoms with Gasteiger partial charge >= 0.3 is 30.4 Å². The third-order valence-electron chi connectivity index (χ3n) is 2.16. The summed E-state index contributed by atoms with van der Waals surface area (Å²) in [7, 11) is -21.1. The van der Waals surface area contributed by atoms with Crippen molar-refractivity contribution < 1.29 is 57.4 Å². The SMILES string of the molecule is O=P(O)(O)CC(C(CP(=O)(O)O)P(=O)(O)O)P(=O)(O)O. The van der Waals surface area contributed by atoms with E-state index in [0.29, 0.717) is 0 Å². The highest BCUT2D eigenvalue weighted by Gasteiger charge is 2.50. The molecule has 2 atom stereocenters. The molecule has 0 aliphatic heterocycles. The van der Waals surface area contributed by atoms with Gasteiger partial charge in [-0.3, -0.25) is 18.3 Å². The highest BCUT2D eigenvalue weighted by molar-refractivity contribution is 7.60. The van der Waals surface area contributed by atoms with E-state index in [2.05, 4.69) is 0 Å². The zero-order valence-electron chi connectivity index (χ0n) is 9.57. The average molecular weight is 378 g/mol. The van der Waals surface area contributed by atoms with Crippen molar-refractivity contribution >= 4 is 30.4 Å². The minimum absolute atomic E-state index is 1.62. The number of hydrogen-bond acceptors (Lipinski definition) is 4. The van der Waals surface area contributed by atoms with Crippen molar-refractivity contribution in [1.82, 2.24) is 0 Å².